The van der Waals surface area contributed by atoms with Gasteiger partial charge in [0.2, 0.25) is 0 Å². The van der Waals surface area contributed by atoms with Gasteiger partial charge < -0.3 is 15.8 Å². The van der Waals surface area contributed by atoms with Crippen molar-refractivity contribution in [2.45, 2.75) is 46.1 Å². The lowest BCUT2D eigenvalue weighted by molar-refractivity contribution is -0.127. The van der Waals surface area contributed by atoms with E-state index in [2.05, 4.69) is 32.2 Å². The molecule has 1 atom stereocenters. The predicted molar refractivity (Wildman–Crippen MR) is 82.0 cm³/mol. The van der Waals surface area contributed by atoms with Gasteiger partial charge in [-0.05, 0) is 56.0 Å². The zero-order chi connectivity index (χ0) is 15.1. The highest BCUT2D eigenvalue weighted by atomic mass is 16.5. The Bertz CT molecular complexity index is 444. The molecule has 1 rings (SSSR count). The van der Waals surface area contributed by atoms with Gasteiger partial charge in [0.25, 0.3) is 5.91 Å². The molecule has 0 aliphatic heterocycles. The first kappa shape index (κ1) is 16.5. The molecule has 4 nitrogen and oxygen atoms in total. The van der Waals surface area contributed by atoms with E-state index < -0.39 is 6.10 Å². The minimum Gasteiger partial charge on any atom is -0.481 e. The predicted octanol–water partition coefficient (Wildman–Crippen LogP) is 2.35. The van der Waals surface area contributed by atoms with E-state index in [-0.39, 0.29) is 5.91 Å². The topological polar surface area (TPSA) is 64.3 Å². The molecule has 0 heterocycles. The first-order valence-corrected chi connectivity index (χ1v) is 7.20. The number of nitrogens with one attached hydrogen (secondary N) is 1. The van der Waals surface area contributed by atoms with Crippen molar-refractivity contribution in [1.29, 1.82) is 0 Å². The maximum absolute atomic E-state index is 11.8. The van der Waals surface area contributed by atoms with Crippen molar-refractivity contribution in [3.8, 4) is 5.75 Å². The second kappa shape index (κ2) is 7.90. The summed E-state index contributed by atoms with van der Waals surface area (Å²) < 4.78 is 5.68. The Morgan fingerprint density at radius 3 is 2.60 bits per heavy atom. The Balaban J connectivity index is 2.59. The molecular formula is C16H26N2O2. The second-order valence-electron chi connectivity index (χ2n) is 5.37. The second-order valence-corrected chi connectivity index (χ2v) is 5.37. The maximum atomic E-state index is 11.8. The lowest BCUT2D eigenvalue weighted by atomic mass is 9.98. The molecule has 0 saturated carbocycles. The average molecular weight is 278 g/mol. The van der Waals surface area contributed by atoms with Crippen LogP contribution in [-0.4, -0.2) is 25.1 Å². The molecule has 1 amide bonds. The molecule has 0 saturated heterocycles. The third-order valence-corrected chi connectivity index (χ3v) is 3.23. The van der Waals surface area contributed by atoms with Crippen LogP contribution < -0.4 is 15.8 Å². The highest BCUT2D eigenvalue weighted by Gasteiger charge is 2.14. The molecule has 0 spiro atoms. The first-order chi connectivity index (χ1) is 9.45. The molecule has 0 bridgehead atoms. The van der Waals surface area contributed by atoms with Crippen LogP contribution in [0.2, 0.25) is 0 Å². The van der Waals surface area contributed by atoms with E-state index in [1.807, 2.05) is 12.1 Å². The average Bonchev–Trinajstić information content (AvgIpc) is 2.38. The minimum atomic E-state index is -0.503. The molecule has 112 valence electrons. The number of hydrogen-bond donors (Lipinski definition) is 2. The summed E-state index contributed by atoms with van der Waals surface area (Å²) in [6.07, 6.45) is 0.276. The Morgan fingerprint density at radius 2 is 2.05 bits per heavy atom. The van der Waals surface area contributed by atoms with E-state index in [0.29, 0.717) is 19.0 Å². The van der Waals surface area contributed by atoms with Crippen molar-refractivity contribution >= 4 is 5.91 Å². The van der Waals surface area contributed by atoms with Gasteiger partial charge in [0, 0.05) is 6.54 Å². The summed E-state index contributed by atoms with van der Waals surface area (Å²) in [5.41, 5.74) is 7.88. The number of amides is 1. The molecule has 1 unspecified atom stereocenters. The molecular weight excluding hydrogens is 252 g/mol. The third kappa shape index (κ3) is 4.85. The Labute approximate surface area is 121 Å². The summed E-state index contributed by atoms with van der Waals surface area (Å²) in [6.45, 7) is 9.31. The fourth-order valence-corrected chi connectivity index (χ4v) is 2.08. The van der Waals surface area contributed by atoms with Gasteiger partial charge >= 0.3 is 0 Å². The first-order valence-electron chi connectivity index (χ1n) is 7.20. The SMILES string of the molecule is Cc1cc(OC(C)C(=O)NCCCN)ccc1C(C)C. The van der Waals surface area contributed by atoms with Gasteiger partial charge in [0.1, 0.15) is 5.75 Å². The van der Waals surface area contributed by atoms with Crippen LogP contribution in [0.5, 0.6) is 5.75 Å². The molecule has 3 N–H and O–H groups in total. The number of ether oxygens (including phenoxy) is 1. The lowest BCUT2D eigenvalue weighted by Gasteiger charge is -2.16. The monoisotopic (exact) mass is 278 g/mol. The number of hydrogen-bond acceptors (Lipinski definition) is 3. The summed E-state index contributed by atoms with van der Waals surface area (Å²) in [5.74, 6) is 1.11. The number of carbonyl (C=O) groups excluding carboxylic acids is 1. The summed E-state index contributed by atoms with van der Waals surface area (Å²) in [6, 6.07) is 5.97. The zero-order valence-corrected chi connectivity index (χ0v) is 12.9. The summed E-state index contributed by atoms with van der Waals surface area (Å²) in [5, 5.41) is 2.80. The van der Waals surface area contributed by atoms with Gasteiger partial charge in [0.15, 0.2) is 6.10 Å². The van der Waals surface area contributed by atoms with Crippen LogP contribution in [0.15, 0.2) is 18.2 Å². The van der Waals surface area contributed by atoms with E-state index in [1.165, 1.54) is 11.1 Å². The molecule has 0 aliphatic rings. The summed E-state index contributed by atoms with van der Waals surface area (Å²) in [7, 11) is 0. The minimum absolute atomic E-state index is 0.107. The standard InChI is InChI=1S/C16H26N2O2/c1-11(2)15-7-6-14(10-12(15)3)20-13(4)16(19)18-9-5-8-17/h6-7,10-11,13H,5,8-9,17H2,1-4H3,(H,18,19). The van der Waals surface area contributed by atoms with Crippen LogP contribution in [0.4, 0.5) is 0 Å². The molecule has 1 aromatic carbocycles. The van der Waals surface area contributed by atoms with E-state index >= 15 is 0 Å². The van der Waals surface area contributed by atoms with E-state index in [9.17, 15) is 4.79 Å². The van der Waals surface area contributed by atoms with Crippen molar-refractivity contribution in [3.05, 3.63) is 29.3 Å². The number of benzene rings is 1. The number of aryl methyl sites for hydroxylation is 1. The fourth-order valence-electron chi connectivity index (χ4n) is 2.08. The molecule has 4 heteroatoms. The molecule has 0 aromatic heterocycles. The number of nitrogens with two attached hydrogens (primary N) is 1. The van der Waals surface area contributed by atoms with Crippen LogP contribution in [0.25, 0.3) is 0 Å². The highest BCUT2D eigenvalue weighted by Crippen LogP contribution is 2.24. The van der Waals surface area contributed by atoms with Crippen molar-refractivity contribution in [3.63, 3.8) is 0 Å². The van der Waals surface area contributed by atoms with Gasteiger partial charge in [-0.1, -0.05) is 19.9 Å². The van der Waals surface area contributed by atoms with Gasteiger partial charge in [-0.25, -0.2) is 0 Å². The Morgan fingerprint density at radius 1 is 1.35 bits per heavy atom. The van der Waals surface area contributed by atoms with Crippen molar-refractivity contribution in [2.75, 3.05) is 13.1 Å². The highest BCUT2D eigenvalue weighted by molar-refractivity contribution is 5.80. The van der Waals surface area contributed by atoms with Crippen LogP contribution in [0.3, 0.4) is 0 Å². The number of carbonyl (C=O) groups is 1. The van der Waals surface area contributed by atoms with Gasteiger partial charge in [-0.3, -0.25) is 4.79 Å². The van der Waals surface area contributed by atoms with Crippen molar-refractivity contribution < 1.29 is 9.53 Å². The van der Waals surface area contributed by atoms with Gasteiger partial charge in [-0.15, -0.1) is 0 Å². The Hall–Kier alpha value is -1.55. The lowest BCUT2D eigenvalue weighted by Crippen LogP contribution is -2.37. The maximum Gasteiger partial charge on any atom is 0.260 e. The molecule has 0 aliphatic carbocycles. The normalized spacial score (nSPS) is 12.3. The largest absolute Gasteiger partial charge is 0.481 e. The summed E-state index contributed by atoms with van der Waals surface area (Å²) in [4.78, 5) is 11.8. The smallest absolute Gasteiger partial charge is 0.260 e. The number of rotatable bonds is 7. The van der Waals surface area contributed by atoms with Crippen LogP contribution in [0, 0.1) is 6.92 Å². The van der Waals surface area contributed by atoms with Crippen LogP contribution >= 0.6 is 0 Å². The Kier molecular flexibility index (Phi) is 6.52. The third-order valence-electron chi connectivity index (χ3n) is 3.23. The molecule has 0 radical (unpaired) electrons. The van der Waals surface area contributed by atoms with Crippen molar-refractivity contribution in [1.82, 2.24) is 5.32 Å². The fraction of sp³-hybridized carbons (Fsp3) is 0.562. The molecule has 1 aromatic rings. The quantitative estimate of drug-likeness (QED) is 0.752. The molecule has 20 heavy (non-hydrogen) atoms. The van der Waals surface area contributed by atoms with Gasteiger partial charge in [0.05, 0.1) is 0 Å². The summed E-state index contributed by atoms with van der Waals surface area (Å²) >= 11 is 0. The van der Waals surface area contributed by atoms with Gasteiger partial charge in [-0.2, -0.15) is 0 Å². The van der Waals surface area contributed by atoms with E-state index in [1.54, 1.807) is 6.92 Å². The zero-order valence-electron chi connectivity index (χ0n) is 12.9. The van der Waals surface area contributed by atoms with E-state index in [0.717, 1.165) is 12.2 Å². The molecule has 0 fully saturated rings. The van der Waals surface area contributed by atoms with Crippen LogP contribution in [0.1, 0.15) is 44.2 Å². The van der Waals surface area contributed by atoms with Crippen LogP contribution in [-0.2, 0) is 4.79 Å². The van der Waals surface area contributed by atoms with Crippen molar-refractivity contribution in [2.24, 2.45) is 5.73 Å². The van der Waals surface area contributed by atoms with E-state index in [4.69, 9.17) is 10.5 Å².